The Balaban J connectivity index is 2.01. The fourth-order valence-electron chi connectivity index (χ4n) is 1.86. The average Bonchev–Trinajstić information content (AvgIpc) is 2.59. The molecule has 2 rings (SSSR count). The lowest BCUT2D eigenvalue weighted by atomic mass is 10.2. The van der Waals surface area contributed by atoms with Crippen LogP contribution in [0.1, 0.15) is 6.92 Å². The van der Waals surface area contributed by atoms with Gasteiger partial charge in [0.15, 0.2) is 0 Å². The van der Waals surface area contributed by atoms with Gasteiger partial charge >= 0.3 is 0 Å². The Morgan fingerprint density at radius 2 is 1.79 bits per heavy atom. The lowest BCUT2D eigenvalue weighted by Gasteiger charge is -2.06. The van der Waals surface area contributed by atoms with Crippen LogP contribution in [-0.2, 0) is 4.79 Å². The Kier molecular flexibility index (Phi) is 5.81. The van der Waals surface area contributed by atoms with E-state index in [1.165, 1.54) is 18.3 Å². The standard InChI is InChI=1S/C18H17N3O3/c1-2-24-17-9-5-14(6-10-17)20-12-13(11-19)18(23)21-15-3-7-16(22)8-4-15/h3-10,12,20,22H,2H2,1H3,(H,21,23)/b13-12-. The molecule has 24 heavy (non-hydrogen) atoms. The number of hydrogen-bond acceptors (Lipinski definition) is 5. The molecule has 0 saturated heterocycles. The van der Waals surface area contributed by atoms with Crippen molar-refractivity contribution in [2.45, 2.75) is 6.92 Å². The molecular formula is C18H17N3O3. The predicted molar refractivity (Wildman–Crippen MR) is 91.7 cm³/mol. The predicted octanol–water partition coefficient (Wildman–Crippen LogP) is 3.25. The molecule has 0 bridgehead atoms. The largest absolute Gasteiger partial charge is 0.508 e. The molecule has 0 unspecified atom stereocenters. The summed E-state index contributed by atoms with van der Waals surface area (Å²) in [5.41, 5.74) is 1.14. The first kappa shape index (κ1) is 16.9. The second kappa shape index (κ2) is 8.25. The van der Waals surface area contributed by atoms with Crippen LogP contribution < -0.4 is 15.4 Å². The maximum Gasteiger partial charge on any atom is 0.267 e. The molecule has 0 aliphatic rings. The van der Waals surface area contributed by atoms with E-state index in [9.17, 15) is 9.90 Å². The Hall–Kier alpha value is -3.46. The smallest absolute Gasteiger partial charge is 0.267 e. The van der Waals surface area contributed by atoms with Crippen molar-refractivity contribution >= 4 is 17.3 Å². The minimum atomic E-state index is -0.540. The minimum absolute atomic E-state index is 0.0723. The van der Waals surface area contributed by atoms with Crippen LogP contribution in [0, 0.1) is 11.3 Å². The van der Waals surface area contributed by atoms with Crippen LogP contribution in [0.3, 0.4) is 0 Å². The first-order chi connectivity index (χ1) is 11.6. The molecule has 0 aliphatic carbocycles. The SMILES string of the molecule is CCOc1ccc(N/C=C(/C#N)C(=O)Nc2ccc(O)cc2)cc1. The van der Waals surface area contributed by atoms with Gasteiger partial charge in [-0.2, -0.15) is 5.26 Å². The van der Waals surface area contributed by atoms with Crippen LogP contribution in [0.25, 0.3) is 0 Å². The molecule has 0 aliphatic heterocycles. The van der Waals surface area contributed by atoms with Gasteiger partial charge in [0, 0.05) is 17.6 Å². The summed E-state index contributed by atoms with van der Waals surface area (Å²) in [5, 5.41) is 23.8. The van der Waals surface area contributed by atoms with Crippen molar-refractivity contribution in [3.8, 4) is 17.6 Å². The van der Waals surface area contributed by atoms with Gasteiger partial charge in [0.2, 0.25) is 0 Å². The second-order valence-electron chi connectivity index (χ2n) is 4.77. The lowest BCUT2D eigenvalue weighted by molar-refractivity contribution is -0.112. The monoisotopic (exact) mass is 323 g/mol. The summed E-state index contributed by atoms with van der Waals surface area (Å²) in [7, 11) is 0. The Bertz CT molecular complexity index is 760. The van der Waals surface area contributed by atoms with E-state index in [0.717, 1.165) is 11.4 Å². The number of ether oxygens (including phenoxy) is 1. The van der Waals surface area contributed by atoms with E-state index in [4.69, 9.17) is 10.00 Å². The molecule has 0 fully saturated rings. The van der Waals surface area contributed by atoms with Gasteiger partial charge in [0.25, 0.3) is 5.91 Å². The molecule has 6 heteroatoms. The summed E-state index contributed by atoms with van der Waals surface area (Å²) in [5.74, 6) is 0.306. The number of nitrogens with one attached hydrogen (secondary N) is 2. The second-order valence-corrected chi connectivity index (χ2v) is 4.77. The van der Waals surface area contributed by atoms with Crippen molar-refractivity contribution in [1.82, 2.24) is 0 Å². The molecule has 2 aromatic carbocycles. The van der Waals surface area contributed by atoms with Gasteiger partial charge in [-0.3, -0.25) is 4.79 Å². The van der Waals surface area contributed by atoms with Gasteiger partial charge in [-0.15, -0.1) is 0 Å². The van der Waals surface area contributed by atoms with Crippen LogP contribution >= 0.6 is 0 Å². The molecule has 0 aromatic heterocycles. The number of benzene rings is 2. The first-order valence-corrected chi connectivity index (χ1v) is 7.32. The Morgan fingerprint density at radius 3 is 2.38 bits per heavy atom. The maximum atomic E-state index is 12.1. The summed E-state index contributed by atoms with van der Waals surface area (Å²) in [6, 6.07) is 15.0. The number of carbonyl (C=O) groups excluding carboxylic acids is 1. The van der Waals surface area contributed by atoms with E-state index >= 15 is 0 Å². The summed E-state index contributed by atoms with van der Waals surface area (Å²) in [6.45, 7) is 2.49. The molecule has 0 saturated carbocycles. The molecule has 2 aromatic rings. The number of phenolic OH excluding ortho intramolecular Hbond substituents is 1. The Morgan fingerprint density at radius 1 is 1.17 bits per heavy atom. The number of anilines is 2. The highest BCUT2D eigenvalue weighted by Crippen LogP contribution is 2.17. The number of carbonyl (C=O) groups is 1. The van der Waals surface area contributed by atoms with E-state index in [0.29, 0.717) is 12.3 Å². The third-order valence-electron chi connectivity index (χ3n) is 3.04. The van der Waals surface area contributed by atoms with Crippen molar-refractivity contribution in [3.05, 3.63) is 60.3 Å². The zero-order valence-corrected chi connectivity index (χ0v) is 13.1. The number of nitrogens with zero attached hydrogens (tertiary/aromatic N) is 1. The van der Waals surface area contributed by atoms with E-state index in [-0.39, 0.29) is 11.3 Å². The van der Waals surface area contributed by atoms with Gasteiger partial charge in [0.1, 0.15) is 23.1 Å². The molecular weight excluding hydrogens is 306 g/mol. The van der Waals surface area contributed by atoms with E-state index in [1.54, 1.807) is 36.4 Å². The molecule has 3 N–H and O–H groups in total. The molecule has 6 nitrogen and oxygen atoms in total. The van der Waals surface area contributed by atoms with E-state index in [1.807, 2.05) is 13.0 Å². The van der Waals surface area contributed by atoms with Crippen molar-refractivity contribution in [3.63, 3.8) is 0 Å². The summed E-state index contributed by atoms with van der Waals surface area (Å²) in [6.07, 6.45) is 1.34. The number of amides is 1. The quantitative estimate of drug-likeness (QED) is 0.431. The van der Waals surface area contributed by atoms with Crippen molar-refractivity contribution in [2.24, 2.45) is 0 Å². The zero-order valence-electron chi connectivity index (χ0n) is 13.1. The minimum Gasteiger partial charge on any atom is -0.508 e. The Labute approximate surface area is 140 Å². The first-order valence-electron chi connectivity index (χ1n) is 7.32. The molecule has 122 valence electrons. The average molecular weight is 323 g/mol. The number of aromatic hydroxyl groups is 1. The van der Waals surface area contributed by atoms with Crippen LogP contribution in [0.2, 0.25) is 0 Å². The number of hydrogen-bond donors (Lipinski definition) is 3. The van der Waals surface area contributed by atoms with Gasteiger partial charge < -0.3 is 20.5 Å². The fraction of sp³-hybridized carbons (Fsp3) is 0.111. The van der Waals surface area contributed by atoms with Crippen LogP contribution in [0.15, 0.2) is 60.3 Å². The van der Waals surface area contributed by atoms with Crippen LogP contribution in [0.4, 0.5) is 11.4 Å². The fourth-order valence-corrected chi connectivity index (χ4v) is 1.86. The van der Waals surface area contributed by atoms with Crippen LogP contribution in [-0.4, -0.2) is 17.6 Å². The van der Waals surface area contributed by atoms with Gasteiger partial charge in [0.05, 0.1) is 6.61 Å². The molecule has 1 amide bonds. The summed E-state index contributed by atoms with van der Waals surface area (Å²) >= 11 is 0. The van der Waals surface area contributed by atoms with Crippen molar-refractivity contribution in [2.75, 3.05) is 17.2 Å². The van der Waals surface area contributed by atoms with Gasteiger partial charge in [-0.1, -0.05) is 0 Å². The molecule has 0 radical (unpaired) electrons. The molecule has 0 heterocycles. The van der Waals surface area contributed by atoms with Gasteiger partial charge in [-0.05, 0) is 55.5 Å². The number of rotatable bonds is 6. The van der Waals surface area contributed by atoms with Crippen molar-refractivity contribution < 1.29 is 14.6 Å². The highest BCUT2D eigenvalue weighted by Gasteiger charge is 2.09. The molecule has 0 atom stereocenters. The highest BCUT2D eigenvalue weighted by atomic mass is 16.5. The topological polar surface area (TPSA) is 94.4 Å². The van der Waals surface area contributed by atoms with Crippen LogP contribution in [0.5, 0.6) is 11.5 Å². The van der Waals surface area contributed by atoms with Crippen molar-refractivity contribution in [1.29, 1.82) is 5.26 Å². The third kappa shape index (κ3) is 4.78. The van der Waals surface area contributed by atoms with E-state index < -0.39 is 5.91 Å². The number of nitriles is 1. The van der Waals surface area contributed by atoms with Gasteiger partial charge in [-0.25, -0.2) is 0 Å². The maximum absolute atomic E-state index is 12.1. The highest BCUT2D eigenvalue weighted by molar-refractivity contribution is 6.06. The number of phenols is 1. The zero-order chi connectivity index (χ0) is 17.4. The van der Waals surface area contributed by atoms with E-state index in [2.05, 4.69) is 10.6 Å². The normalized spacial score (nSPS) is 10.6. The summed E-state index contributed by atoms with van der Waals surface area (Å²) < 4.78 is 5.34. The molecule has 0 spiro atoms. The lowest BCUT2D eigenvalue weighted by Crippen LogP contribution is -2.14. The third-order valence-corrected chi connectivity index (χ3v) is 3.04. The summed E-state index contributed by atoms with van der Waals surface area (Å²) in [4.78, 5) is 12.1.